The maximum atomic E-state index is 12.6. The van der Waals surface area contributed by atoms with Gasteiger partial charge in [-0.1, -0.05) is 22.0 Å². The monoisotopic (exact) mass is 336 g/mol. The van der Waals surface area contributed by atoms with Crippen molar-refractivity contribution < 1.29 is 13.2 Å². The first-order valence-corrected chi connectivity index (χ1v) is 7.89. The molecule has 1 aliphatic heterocycles. The lowest BCUT2D eigenvalue weighted by Gasteiger charge is -2.19. The van der Waals surface area contributed by atoms with Crippen LogP contribution in [0.2, 0.25) is 0 Å². The van der Waals surface area contributed by atoms with Crippen LogP contribution < -0.4 is 0 Å². The molecule has 0 atom stereocenters. The van der Waals surface area contributed by atoms with Crippen LogP contribution in [0.4, 0.5) is 0 Å². The number of benzene rings is 2. The zero-order valence-corrected chi connectivity index (χ0v) is 12.4. The van der Waals surface area contributed by atoms with Gasteiger partial charge in [0.25, 0.3) is 0 Å². The normalized spacial score (nSPS) is 15.8. The minimum Gasteiger partial charge on any atom is -0.289 e. The standard InChI is InChI=1S/C14H9BrO3S/c1-8-2-4-10-12(6-8)19(17,18)13-7-9(15)3-5-11(13)14(10)16/h2-7H,1H3. The number of hydrogen-bond acceptors (Lipinski definition) is 3. The molecule has 2 aromatic rings. The summed E-state index contributed by atoms with van der Waals surface area (Å²) < 4.78 is 25.8. The van der Waals surface area contributed by atoms with E-state index in [4.69, 9.17) is 0 Å². The fraction of sp³-hybridized carbons (Fsp3) is 0.0714. The molecule has 0 saturated heterocycles. The van der Waals surface area contributed by atoms with Crippen molar-refractivity contribution in [2.75, 3.05) is 0 Å². The SMILES string of the molecule is Cc1ccc2c(c1)S(=O)(=O)c1cc(Br)ccc1C2=O. The number of ketones is 1. The van der Waals surface area contributed by atoms with Crippen LogP contribution in [0.1, 0.15) is 21.5 Å². The summed E-state index contributed by atoms with van der Waals surface area (Å²) in [5.74, 6) is -0.243. The fourth-order valence-electron chi connectivity index (χ4n) is 2.21. The van der Waals surface area contributed by atoms with Crippen LogP contribution in [0.5, 0.6) is 0 Å². The van der Waals surface area contributed by atoms with Gasteiger partial charge >= 0.3 is 0 Å². The number of halogens is 1. The zero-order valence-electron chi connectivity index (χ0n) is 9.98. The van der Waals surface area contributed by atoms with Crippen LogP contribution in [0.3, 0.4) is 0 Å². The second-order valence-corrected chi connectivity index (χ2v) is 7.27. The smallest absolute Gasteiger partial charge is 0.208 e. The highest BCUT2D eigenvalue weighted by Crippen LogP contribution is 2.36. The highest BCUT2D eigenvalue weighted by Gasteiger charge is 2.34. The third kappa shape index (κ3) is 1.76. The lowest BCUT2D eigenvalue weighted by molar-refractivity contribution is 0.103. The van der Waals surface area contributed by atoms with Gasteiger partial charge in [0.2, 0.25) is 9.84 Å². The van der Waals surface area contributed by atoms with Crippen molar-refractivity contribution in [3.8, 4) is 0 Å². The molecule has 0 radical (unpaired) electrons. The van der Waals surface area contributed by atoms with Crippen molar-refractivity contribution >= 4 is 31.6 Å². The Balaban J connectivity index is 2.44. The summed E-state index contributed by atoms with van der Waals surface area (Å²) in [6, 6.07) is 9.57. The van der Waals surface area contributed by atoms with E-state index in [1.54, 1.807) is 37.3 Å². The summed E-state index contributed by atoms with van der Waals surface area (Å²) in [6.07, 6.45) is 0. The molecule has 0 spiro atoms. The van der Waals surface area contributed by atoms with Crippen molar-refractivity contribution in [3.05, 3.63) is 57.6 Å². The molecule has 19 heavy (non-hydrogen) atoms. The molecule has 0 N–H and O–H groups in total. The molecule has 96 valence electrons. The van der Waals surface area contributed by atoms with Crippen LogP contribution >= 0.6 is 15.9 Å². The molecule has 2 aromatic carbocycles. The maximum Gasteiger partial charge on any atom is 0.208 e. The Kier molecular flexibility index (Phi) is 2.66. The third-order valence-electron chi connectivity index (χ3n) is 3.15. The minimum absolute atomic E-state index is 0.0741. The molecular weight excluding hydrogens is 328 g/mol. The average Bonchev–Trinajstić information content (AvgIpc) is 2.36. The van der Waals surface area contributed by atoms with Crippen LogP contribution in [-0.4, -0.2) is 14.2 Å². The quantitative estimate of drug-likeness (QED) is 0.633. The Bertz CT molecular complexity index is 761. The minimum atomic E-state index is -3.63. The molecule has 0 aliphatic carbocycles. The molecular formula is C14H9BrO3S. The lowest BCUT2D eigenvalue weighted by Crippen LogP contribution is -2.20. The second kappa shape index (κ2) is 4.02. The first kappa shape index (κ1) is 12.6. The van der Waals surface area contributed by atoms with Gasteiger partial charge in [-0.05, 0) is 42.8 Å². The van der Waals surface area contributed by atoms with Crippen molar-refractivity contribution in [3.63, 3.8) is 0 Å². The van der Waals surface area contributed by atoms with Gasteiger partial charge < -0.3 is 0 Å². The maximum absolute atomic E-state index is 12.6. The average molecular weight is 337 g/mol. The number of sulfone groups is 1. The highest BCUT2D eigenvalue weighted by atomic mass is 79.9. The molecule has 0 bridgehead atoms. The van der Waals surface area contributed by atoms with Crippen LogP contribution in [0, 0.1) is 6.92 Å². The summed E-state index contributed by atoms with van der Waals surface area (Å²) in [6.45, 7) is 1.80. The Morgan fingerprint density at radius 2 is 1.53 bits per heavy atom. The third-order valence-corrected chi connectivity index (χ3v) is 5.48. The molecule has 0 fully saturated rings. The molecule has 1 aliphatic rings. The molecule has 5 heteroatoms. The summed E-state index contributed by atoms with van der Waals surface area (Å²) in [5.41, 5.74) is 1.30. The second-order valence-electron chi connectivity index (χ2n) is 4.47. The van der Waals surface area contributed by atoms with Crippen LogP contribution in [-0.2, 0) is 9.84 Å². The van der Waals surface area contributed by atoms with Gasteiger partial charge in [0, 0.05) is 15.6 Å². The van der Waals surface area contributed by atoms with E-state index in [1.807, 2.05) is 0 Å². The first-order valence-electron chi connectivity index (χ1n) is 5.61. The van der Waals surface area contributed by atoms with E-state index >= 15 is 0 Å². The first-order chi connectivity index (χ1) is 8.91. The Labute approximate surface area is 119 Å². The largest absolute Gasteiger partial charge is 0.289 e. The Morgan fingerprint density at radius 3 is 2.21 bits per heavy atom. The predicted octanol–water partition coefficient (Wildman–Crippen LogP) is 3.13. The van der Waals surface area contributed by atoms with Gasteiger partial charge in [-0.15, -0.1) is 0 Å². The van der Waals surface area contributed by atoms with E-state index in [0.717, 1.165) is 5.56 Å². The highest BCUT2D eigenvalue weighted by molar-refractivity contribution is 9.10. The topological polar surface area (TPSA) is 51.2 Å². The van der Waals surface area contributed by atoms with E-state index in [1.165, 1.54) is 6.07 Å². The van der Waals surface area contributed by atoms with Gasteiger partial charge in [0.05, 0.1) is 9.79 Å². The molecule has 0 saturated carbocycles. The lowest BCUT2D eigenvalue weighted by atomic mass is 10.0. The summed E-state index contributed by atoms with van der Waals surface area (Å²) >= 11 is 3.24. The molecule has 0 aromatic heterocycles. The van der Waals surface area contributed by atoms with E-state index in [2.05, 4.69) is 15.9 Å². The number of fused-ring (bicyclic) bond motifs is 2. The molecule has 3 nitrogen and oxygen atoms in total. The number of carbonyl (C=O) groups is 1. The van der Waals surface area contributed by atoms with Crippen molar-refractivity contribution in [2.24, 2.45) is 0 Å². The summed E-state index contributed by atoms with van der Waals surface area (Å²) in [7, 11) is -3.63. The molecule has 0 amide bonds. The van der Waals surface area contributed by atoms with E-state index in [9.17, 15) is 13.2 Å². The Morgan fingerprint density at radius 1 is 0.947 bits per heavy atom. The van der Waals surface area contributed by atoms with Crippen molar-refractivity contribution in [1.82, 2.24) is 0 Å². The van der Waals surface area contributed by atoms with Crippen molar-refractivity contribution in [2.45, 2.75) is 16.7 Å². The van der Waals surface area contributed by atoms with E-state index in [0.29, 0.717) is 4.47 Å². The van der Waals surface area contributed by atoms with Crippen LogP contribution in [0.15, 0.2) is 50.7 Å². The van der Waals surface area contributed by atoms with Crippen LogP contribution in [0.25, 0.3) is 0 Å². The van der Waals surface area contributed by atoms with Gasteiger partial charge in [-0.25, -0.2) is 8.42 Å². The molecule has 1 heterocycles. The summed E-state index contributed by atoms with van der Waals surface area (Å²) in [4.78, 5) is 12.5. The van der Waals surface area contributed by atoms with Crippen molar-refractivity contribution in [1.29, 1.82) is 0 Å². The summed E-state index contributed by atoms with van der Waals surface area (Å²) in [5, 5.41) is 0. The van der Waals surface area contributed by atoms with E-state index < -0.39 is 9.84 Å². The predicted molar refractivity (Wildman–Crippen MR) is 74.2 cm³/mol. The van der Waals surface area contributed by atoms with Gasteiger partial charge in [-0.3, -0.25) is 4.79 Å². The molecule has 3 rings (SSSR count). The number of carbonyl (C=O) groups excluding carboxylic acids is 1. The fourth-order valence-corrected chi connectivity index (χ4v) is 4.48. The van der Waals surface area contributed by atoms with Gasteiger partial charge in [0.15, 0.2) is 5.78 Å². The Hall–Kier alpha value is -1.46. The van der Waals surface area contributed by atoms with Gasteiger partial charge in [-0.2, -0.15) is 0 Å². The number of rotatable bonds is 0. The number of hydrogen-bond donors (Lipinski definition) is 0. The molecule has 0 unspecified atom stereocenters. The van der Waals surface area contributed by atoms with Gasteiger partial charge in [0.1, 0.15) is 0 Å². The van der Waals surface area contributed by atoms with E-state index in [-0.39, 0.29) is 26.7 Å². The zero-order chi connectivity index (χ0) is 13.8. The number of aryl methyl sites for hydroxylation is 1.